The van der Waals surface area contributed by atoms with Gasteiger partial charge < -0.3 is 19.9 Å². The molecular formula is C23H26F2N4O3. The van der Waals surface area contributed by atoms with Crippen LogP contribution in [0.5, 0.6) is 5.75 Å². The molecule has 2 aromatic rings. The van der Waals surface area contributed by atoms with E-state index in [1.165, 1.54) is 23.1 Å². The molecule has 7 nitrogen and oxygen atoms in total. The highest BCUT2D eigenvalue weighted by atomic mass is 19.3. The summed E-state index contributed by atoms with van der Waals surface area (Å²) in [5.41, 5.74) is 0.674. The minimum absolute atomic E-state index is 0.0653. The molecule has 0 spiro atoms. The molecular weight excluding hydrogens is 418 g/mol. The first kappa shape index (κ1) is 22.0. The third kappa shape index (κ3) is 5.15. The molecule has 0 radical (unpaired) electrons. The molecule has 4 rings (SSSR count). The summed E-state index contributed by atoms with van der Waals surface area (Å²) in [5, 5.41) is 2.88. The molecule has 2 aliphatic rings. The van der Waals surface area contributed by atoms with Crippen molar-refractivity contribution in [2.75, 3.05) is 36.4 Å². The number of pyridine rings is 1. The third-order valence-electron chi connectivity index (χ3n) is 5.86. The Hall–Kier alpha value is -3.23. The predicted molar refractivity (Wildman–Crippen MR) is 116 cm³/mol. The number of hydrogen-bond acceptors (Lipinski definition) is 5. The molecule has 0 saturated carbocycles. The fraction of sp³-hybridized carbons (Fsp3) is 0.435. The minimum Gasteiger partial charge on any atom is -0.434 e. The minimum atomic E-state index is -3.02. The number of halogens is 2. The molecule has 2 amide bonds. The van der Waals surface area contributed by atoms with Crippen LogP contribution in [-0.4, -0.2) is 54.5 Å². The van der Waals surface area contributed by atoms with E-state index in [0.29, 0.717) is 25.1 Å². The zero-order chi connectivity index (χ0) is 22.5. The van der Waals surface area contributed by atoms with E-state index in [-0.39, 0.29) is 23.8 Å². The van der Waals surface area contributed by atoms with E-state index >= 15 is 0 Å². The molecule has 0 bridgehead atoms. The highest BCUT2D eigenvalue weighted by Gasteiger charge is 2.30. The normalized spacial score (nSPS) is 18.7. The zero-order valence-corrected chi connectivity index (χ0v) is 17.7. The number of ether oxygens (including phenoxy) is 1. The van der Waals surface area contributed by atoms with Crippen LogP contribution in [0.2, 0.25) is 0 Å². The molecule has 9 heteroatoms. The molecule has 1 aromatic heterocycles. The zero-order valence-electron chi connectivity index (χ0n) is 17.7. The number of likely N-dealkylation sites (tertiary alicyclic amines) is 1. The summed E-state index contributed by atoms with van der Waals surface area (Å²) < 4.78 is 29.9. The van der Waals surface area contributed by atoms with Gasteiger partial charge >= 0.3 is 6.61 Å². The highest BCUT2D eigenvalue weighted by molar-refractivity contribution is 5.98. The molecule has 0 aliphatic carbocycles. The Bertz CT molecular complexity index is 949. The number of rotatable bonds is 6. The number of carbonyl (C=O) groups excluding carboxylic acids is 2. The largest absolute Gasteiger partial charge is 0.434 e. The quantitative estimate of drug-likeness (QED) is 0.734. The van der Waals surface area contributed by atoms with Crippen molar-refractivity contribution in [1.29, 1.82) is 0 Å². The number of carbonyl (C=O) groups is 2. The van der Waals surface area contributed by atoms with Crippen LogP contribution in [0, 0.1) is 5.92 Å². The molecule has 3 heterocycles. The molecule has 2 fully saturated rings. The van der Waals surface area contributed by atoms with Gasteiger partial charge in [0.05, 0.1) is 23.4 Å². The first-order valence-electron chi connectivity index (χ1n) is 10.9. The molecule has 170 valence electrons. The van der Waals surface area contributed by atoms with E-state index in [4.69, 9.17) is 0 Å². The van der Waals surface area contributed by atoms with Crippen LogP contribution in [-0.2, 0) is 4.79 Å². The summed E-state index contributed by atoms with van der Waals surface area (Å²) >= 11 is 0. The maximum Gasteiger partial charge on any atom is 0.387 e. The van der Waals surface area contributed by atoms with Crippen LogP contribution in [0.1, 0.15) is 36.0 Å². The molecule has 1 N–H and O–H groups in total. The Morgan fingerprint density at radius 3 is 2.56 bits per heavy atom. The first-order chi connectivity index (χ1) is 15.5. The summed E-state index contributed by atoms with van der Waals surface area (Å²) in [4.78, 5) is 33.9. The number of piperidine rings is 1. The van der Waals surface area contributed by atoms with E-state index in [0.717, 1.165) is 31.7 Å². The smallest absolute Gasteiger partial charge is 0.387 e. The number of hydrogen-bond donors (Lipinski definition) is 1. The van der Waals surface area contributed by atoms with Crippen LogP contribution in [0.25, 0.3) is 0 Å². The van der Waals surface area contributed by atoms with E-state index in [1.54, 1.807) is 12.3 Å². The predicted octanol–water partition coefficient (Wildman–Crippen LogP) is 3.77. The number of aromatic nitrogens is 1. The van der Waals surface area contributed by atoms with Crippen molar-refractivity contribution in [2.45, 2.75) is 32.3 Å². The molecule has 32 heavy (non-hydrogen) atoms. The molecule has 2 aliphatic heterocycles. The van der Waals surface area contributed by atoms with E-state index in [9.17, 15) is 18.4 Å². The Labute approximate surface area is 185 Å². The van der Waals surface area contributed by atoms with Gasteiger partial charge in [0.1, 0.15) is 11.6 Å². The highest BCUT2D eigenvalue weighted by Crippen LogP contribution is 2.26. The molecule has 1 aromatic carbocycles. The second-order valence-electron chi connectivity index (χ2n) is 8.05. The van der Waals surface area contributed by atoms with Gasteiger partial charge in [-0.3, -0.25) is 9.59 Å². The van der Waals surface area contributed by atoms with Crippen molar-refractivity contribution < 1.29 is 23.1 Å². The van der Waals surface area contributed by atoms with Crippen molar-refractivity contribution in [2.24, 2.45) is 5.92 Å². The number of alkyl halides is 2. The molecule has 1 unspecified atom stereocenters. The lowest BCUT2D eigenvalue weighted by Crippen LogP contribution is -2.43. The van der Waals surface area contributed by atoms with Gasteiger partial charge in [-0.25, -0.2) is 4.98 Å². The number of nitrogens with zero attached hydrogens (tertiary/aromatic N) is 3. The van der Waals surface area contributed by atoms with Gasteiger partial charge in [-0.2, -0.15) is 8.78 Å². The fourth-order valence-corrected chi connectivity index (χ4v) is 4.23. The van der Waals surface area contributed by atoms with Crippen LogP contribution >= 0.6 is 0 Å². The van der Waals surface area contributed by atoms with Gasteiger partial charge in [0, 0.05) is 26.2 Å². The van der Waals surface area contributed by atoms with Gasteiger partial charge in [-0.15, -0.1) is 0 Å². The second kappa shape index (κ2) is 9.93. The maximum atomic E-state index is 12.9. The lowest BCUT2D eigenvalue weighted by molar-refractivity contribution is -0.121. The number of anilines is 2. The van der Waals surface area contributed by atoms with Crippen molar-refractivity contribution in [3.05, 3.63) is 48.2 Å². The van der Waals surface area contributed by atoms with Crippen molar-refractivity contribution >= 4 is 23.3 Å². The number of nitrogens with one attached hydrogen (secondary N) is 1. The summed E-state index contributed by atoms with van der Waals surface area (Å²) in [6, 6.07) is 9.66. The Morgan fingerprint density at radius 2 is 1.84 bits per heavy atom. The molecule has 1 atom stereocenters. The summed E-state index contributed by atoms with van der Waals surface area (Å²) in [7, 11) is 0. The topological polar surface area (TPSA) is 74.8 Å². The van der Waals surface area contributed by atoms with Gasteiger partial charge in [0.15, 0.2) is 0 Å². The van der Waals surface area contributed by atoms with E-state index in [2.05, 4.69) is 19.9 Å². The number of amides is 2. The summed E-state index contributed by atoms with van der Waals surface area (Å²) in [6.07, 6.45) is 5.26. The van der Waals surface area contributed by atoms with Gasteiger partial charge in [-0.1, -0.05) is 12.1 Å². The summed E-state index contributed by atoms with van der Waals surface area (Å²) in [5.74, 6) is -0.261. The monoisotopic (exact) mass is 444 g/mol. The standard InChI is InChI=1S/C23H26F2N4O3/c24-23(25)32-19-8-2-1-7-18(19)22(31)29-13-5-6-16(15-29)21(30)27-17-9-10-20(26-14-17)28-11-3-4-12-28/h1-2,7-10,14,16,23H,3-6,11-13,15H2,(H,27,30). The van der Waals surface area contributed by atoms with Crippen LogP contribution in [0.4, 0.5) is 20.3 Å². The van der Waals surface area contributed by atoms with Crippen molar-refractivity contribution in [3.63, 3.8) is 0 Å². The molecule has 2 saturated heterocycles. The van der Waals surface area contributed by atoms with Crippen LogP contribution in [0.3, 0.4) is 0 Å². The average molecular weight is 444 g/mol. The maximum absolute atomic E-state index is 12.9. The fourth-order valence-electron chi connectivity index (χ4n) is 4.23. The Balaban J connectivity index is 1.38. The lowest BCUT2D eigenvalue weighted by atomic mass is 9.96. The Morgan fingerprint density at radius 1 is 1.06 bits per heavy atom. The van der Waals surface area contributed by atoms with Crippen molar-refractivity contribution in [1.82, 2.24) is 9.88 Å². The van der Waals surface area contributed by atoms with Gasteiger partial charge in [0.2, 0.25) is 5.91 Å². The third-order valence-corrected chi connectivity index (χ3v) is 5.86. The Kier molecular flexibility index (Phi) is 6.82. The SMILES string of the molecule is O=C(Nc1ccc(N2CCCC2)nc1)C1CCCN(C(=O)c2ccccc2OC(F)F)C1. The van der Waals surface area contributed by atoms with Gasteiger partial charge in [0.25, 0.3) is 5.91 Å². The number of benzene rings is 1. The average Bonchev–Trinajstić information content (AvgIpc) is 3.34. The van der Waals surface area contributed by atoms with Crippen LogP contribution < -0.4 is 15.0 Å². The number of para-hydroxylation sites is 1. The lowest BCUT2D eigenvalue weighted by Gasteiger charge is -2.32. The summed E-state index contributed by atoms with van der Waals surface area (Å²) in [6.45, 7) is -0.356. The van der Waals surface area contributed by atoms with Gasteiger partial charge in [-0.05, 0) is 49.9 Å². The van der Waals surface area contributed by atoms with Crippen LogP contribution in [0.15, 0.2) is 42.6 Å². The second-order valence-corrected chi connectivity index (χ2v) is 8.05. The van der Waals surface area contributed by atoms with Crippen molar-refractivity contribution in [3.8, 4) is 5.75 Å². The first-order valence-corrected chi connectivity index (χ1v) is 10.9. The van der Waals surface area contributed by atoms with E-state index < -0.39 is 18.4 Å². The van der Waals surface area contributed by atoms with E-state index in [1.807, 2.05) is 12.1 Å².